The molecule has 0 bridgehead atoms. The first kappa shape index (κ1) is 20.6. The lowest BCUT2D eigenvalue weighted by Crippen LogP contribution is -2.27. The van der Waals surface area contributed by atoms with Crippen LogP contribution in [-0.4, -0.2) is 22.1 Å². The molecule has 1 heterocycles. The Balaban J connectivity index is 1.94. The molecule has 29 heavy (non-hydrogen) atoms. The highest BCUT2D eigenvalue weighted by Gasteiger charge is 2.22. The van der Waals surface area contributed by atoms with Crippen LogP contribution in [0.3, 0.4) is 0 Å². The Hall–Kier alpha value is -3.08. The van der Waals surface area contributed by atoms with Gasteiger partial charge in [0.25, 0.3) is 0 Å². The molecule has 0 N–H and O–H groups in total. The van der Waals surface area contributed by atoms with Crippen molar-refractivity contribution in [3.8, 4) is 0 Å². The predicted molar refractivity (Wildman–Crippen MR) is 113 cm³/mol. The van der Waals surface area contributed by atoms with Crippen molar-refractivity contribution in [3.05, 3.63) is 70.9 Å². The summed E-state index contributed by atoms with van der Waals surface area (Å²) < 4.78 is 12.7. The maximum Gasteiger partial charge on any atom is 0.355 e. The Morgan fingerprint density at radius 2 is 1.62 bits per heavy atom. The molecule has 2 aromatic carbocycles. The lowest BCUT2D eigenvalue weighted by Gasteiger charge is -2.20. The topological polar surface area (TPSA) is 57.5 Å². The Bertz CT molecular complexity index is 1040. The highest BCUT2D eigenvalue weighted by molar-refractivity contribution is 5.97. The number of aromatic nitrogens is 1. The van der Waals surface area contributed by atoms with Crippen molar-refractivity contribution in [1.29, 1.82) is 0 Å². The molecular formula is C24H27NO4. The maximum atomic E-state index is 12.8. The van der Waals surface area contributed by atoms with Gasteiger partial charge in [-0.1, -0.05) is 30.3 Å². The first-order valence-electron chi connectivity index (χ1n) is 9.67. The predicted octanol–water partition coefficient (Wildman–Crippen LogP) is 4.96. The SMILES string of the molecule is Cc1cc2cc(C(=O)OCc3ccccc3)n(CC(=O)OC(C)(C)C)c2cc1C. The van der Waals surface area contributed by atoms with Crippen LogP contribution in [0.1, 0.15) is 48.0 Å². The zero-order valence-electron chi connectivity index (χ0n) is 17.6. The molecule has 0 amide bonds. The lowest BCUT2D eigenvalue weighted by molar-refractivity contribution is -0.155. The minimum atomic E-state index is -0.597. The first-order chi connectivity index (χ1) is 13.6. The van der Waals surface area contributed by atoms with Gasteiger partial charge < -0.3 is 14.0 Å². The summed E-state index contributed by atoms with van der Waals surface area (Å²) in [6.45, 7) is 9.61. The van der Waals surface area contributed by atoms with E-state index in [2.05, 4.69) is 0 Å². The van der Waals surface area contributed by atoms with Crippen LogP contribution in [0, 0.1) is 13.8 Å². The Labute approximate surface area is 171 Å². The Morgan fingerprint density at radius 3 is 2.28 bits per heavy atom. The summed E-state index contributed by atoms with van der Waals surface area (Å²) >= 11 is 0. The van der Waals surface area contributed by atoms with Crippen LogP contribution >= 0.6 is 0 Å². The van der Waals surface area contributed by atoms with Crippen LogP contribution in [-0.2, 0) is 27.4 Å². The minimum absolute atomic E-state index is 0.0565. The Kier molecular flexibility index (Phi) is 5.78. The molecule has 0 unspecified atom stereocenters. The molecule has 0 fully saturated rings. The number of aryl methyl sites for hydroxylation is 2. The smallest absolute Gasteiger partial charge is 0.355 e. The van der Waals surface area contributed by atoms with Gasteiger partial charge in [0.15, 0.2) is 0 Å². The summed E-state index contributed by atoms with van der Waals surface area (Å²) in [6.07, 6.45) is 0. The van der Waals surface area contributed by atoms with Crippen molar-refractivity contribution in [2.24, 2.45) is 0 Å². The fraction of sp³-hybridized carbons (Fsp3) is 0.333. The van der Waals surface area contributed by atoms with E-state index < -0.39 is 17.5 Å². The van der Waals surface area contributed by atoms with Crippen molar-refractivity contribution in [3.63, 3.8) is 0 Å². The number of ether oxygens (including phenoxy) is 2. The quantitative estimate of drug-likeness (QED) is 0.575. The first-order valence-corrected chi connectivity index (χ1v) is 9.67. The molecule has 152 valence electrons. The molecular weight excluding hydrogens is 366 g/mol. The summed E-state index contributed by atoms with van der Waals surface area (Å²) in [5.74, 6) is -0.866. The number of benzene rings is 2. The molecule has 3 aromatic rings. The highest BCUT2D eigenvalue weighted by atomic mass is 16.6. The fourth-order valence-corrected chi connectivity index (χ4v) is 3.17. The van der Waals surface area contributed by atoms with Gasteiger partial charge in [-0.05, 0) is 69.5 Å². The van der Waals surface area contributed by atoms with E-state index >= 15 is 0 Å². The van der Waals surface area contributed by atoms with E-state index in [1.807, 2.05) is 77.1 Å². The van der Waals surface area contributed by atoms with Gasteiger partial charge in [0, 0.05) is 10.9 Å². The third-order valence-corrected chi connectivity index (χ3v) is 4.65. The van der Waals surface area contributed by atoms with Gasteiger partial charge in [0.2, 0.25) is 0 Å². The Morgan fingerprint density at radius 1 is 0.966 bits per heavy atom. The number of carbonyl (C=O) groups excluding carboxylic acids is 2. The summed E-state index contributed by atoms with van der Waals surface area (Å²) in [5, 5.41) is 0.892. The van der Waals surface area contributed by atoms with E-state index in [0.29, 0.717) is 5.69 Å². The van der Waals surface area contributed by atoms with Gasteiger partial charge in [-0.2, -0.15) is 0 Å². The minimum Gasteiger partial charge on any atom is -0.459 e. The molecule has 5 nitrogen and oxygen atoms in total. The number of nitrogens with zero attached hydrogens (tertiary/aromatic N) is 1. The number of carbonyl (C=O) groups is 2. The van der Waals surface area contributed by atoms with Gasteiger partial charge in [0.05, 0.1) is 0 Å². The second kappa shape index (κ2) is 8.11. The number of esters is 2. The van der Waals surface area contributed by atoms with E-state index in [-0.39, 0.29) is 13.2 Å². The average Bonchev–Trinajstić information content (AvgIpc) is 2.97. The molecule has 0 atom stereocenters. The largest absolute Gasteiger partial charge is 0.459 e. The van der Waals surface area contributed by atoms with Crippen molar-refractivity contribution >= 4 is 22.8 Å². The number of rotatable bonds is 5. The number of hydrogen-bond acceptors (Lipinski definition) is 4. The maximum absolute atomic E-state index is 12.8. The second-order valence-electron chi connectivity index (χ2n) is 8.26. The van der Waals surface area contributed by atoms with Crippen molar-refractivity contribution in [2.45, 2.75) is 53.4 Å². The van der Waals surface area contributed by atoms with Gasteiger partial charge >= 0.3 is 11.9 Å². The zero-order chi connectivity index (χ0) is 21.2. The van der Waals surface area contributed by atoms with E-state index in [4.69, 9.17) is 9.47 Å². The molecule has 0 radical (unpaired) electrons. The fourth-order valence-electron chi connectivity index (χ4n) is 3.17. The molecule has 0 aliphatic heterocycles. The van der Waals surface area contributed by atoms with Crippen LogP contribution in [0.25, 0.3) is 10.9 Å². The van der Waals surface area contributed by atoms with Crippen LogP contribution in [0.4, 0.5) is 0 Å². The number of fused-ring (bicyclic) bond motifs is 1. The molecule has 0 aliphatic carbocycles. The van der Waals surface area contributed by atoms with Gasteiger partial charge in [0.1, 0.15) is 24.4 Å². The number of hydrogen-bond donors (Lipinski definition) is 0. The van der Waals surface area contributed by atoms with E-state index in [1.54, 1.807) is 10.6 Å². The highest BCUT2D eigenvalue weighted by Crippen LogP contribution is 2.25. The van der Waals surface area contributed by atoms with E-state index in [1.165, 1.54) is 0 Å². The van der Waals surface area contributed by atoms with Crippen molar-refractivity contribution in [1.82, 2.24) is 4.57 Å². The van der Waals surface area contributed by atoms with Crippen molar-refractivity contribution < 1.29 is 19.1 Å². The molecule has 3 rings (SSSR count). The summed E-state index contributed by atoms with van der Waals surface area (Å²) in [6, 6.07) is 15.3. The van der Waals surface area contributed by atoms with E-state index in [9.17, 15) is 9.59 Å². The second-order valence-corrected chi connectivity index (χ2v) is 8.26. The van der Waals surface area contributed by atoms with Crippen LogP contribution in [0.5, 0.6) is 0 Å². The van der Waals surface area contributed by atoms with Gasteiger partial charge in [-0.15, -0.1) is 0 Å². The molecule has 0 spiro atoms. The van der Waals surface area contributed by atoms with Gasteiger partial charge in [-0.25, -0.2) is 4.79 Å². The van der Waals surface area contributed by atoms with Crippen LogP contribution < -0.4 is 0 Å². The third-order valence-electron chi connectivity index (χ3n) is 4.65. The summed E-state index contributed by atoms with van der Waals surface area (Å²) in [7, 11) is 0. The summed E-state index contributed by atoms with van der Waals surface area (Å²) in [4.78, 5) is 25.3. The normalized spacial score (nSPS) is 11.5. The standard InChI is InChI=1S/C24H27NO4/c1-16-11-19-13-21(23(27)28-15-18-9-7-6-8-10-18)25(20(19)12-17(16)2)14-22(26)29-24(3,4)5/h6-13H,14-15H2,1-5H3. The molecule has 0 saturated carbocycles. The van der Waals surface area contributed by atoms with E-state index in [0.717, 1.165) is 27.6 Å². The average molecular weight is 393 g/mol. The molecule has 1 aromatic heterocycles. The molecule has 0 aliphatic rings. The van der Waals surface area contributed by atoms with Crippen LogP contribution in [0.15, 0.2) is 48.5 Å². The molecule has 5 heteroatoms. The zero-order valence-corrected chi connectivity index (χ0v) is 17.6. The van der Waals surface area contributed by atoms with Crippen LogP contribution in [0.2, 0.25) is 0 Å². The monoisotopic (exact) mass is 393 g/mol. The summed E-state index contributed by atoms with van der Waals surface area (Å²) in [5.41, 5.74) is 3.67. The lowest BCUT2D eigenvalue weighted by atomic mass is 10.1. The van der Waals surface area contributed by atoms with Gasteiger partial charge in [-0.3, -0.25) is 4.79 Å². The van der Waals surface area contributed by atoms with Crippen molar-refractivity contribution in [2.75, 3.05) is 0 Å². The molecule has 0 saturated heterocycles. The third kappa shape index (κ3) is 5.05.